The molecule has 1 amide bonds. The number of benzene rings is 2. The Hall–Kier alpha value is -1.88. The third-order valence-corrected chi connectivity index (χ3v) is 5.69. The number of nitrogens with one attached hydrogen (secondary N) is 2. The van der Waals surface area contributed by atoms with Crippen LogP contribution in [0, 0.1) is 0 Å². The fraction of sp³-hybridized carbons (Fsp3) is 0.435. The van der Waals surface area contributed by atoms with Crippen LogP contribution in [0.25, 0.3) is 11.1 Å². The topological polar surface area (TPSA) is 44.4 Å². The van der Waals surface area contributed by atoms with Gasteiger partial charge in [0, 0.05) is 45.7 Å². The molecule has 5 heteroatoms. The van der Waals surface area contributed by atoms with Gasteiger partial charge in [0.25, 0.3) is 0 Å². The first-order valence-corrected chi connectivity index (χ1v) is 10.2. The van der Waals surface area contributed by atoms with Gasteiger partial charge in [-0.15, -0.1) is 12.4 Å². The van der Waals surface area contributed by atoms with Crippen molar-refractivity contribution >= 4 is 18.3 Å². The van der Waals surface area contributed by atoms with Crippen molar-refractivity contribution in [1.29, 1.82) is 0 Å². The summed E-state index contributed by atoms with van der Waals surface area (Å²) in [6.07, 6.45) is 3.51. The van der Waals surface area contributed by atoms with Crippen molar-refractivity contribution in [3.8, 4) is 11.1 Å². The van der Waals surface area contributed by atoms with Crippen molar-refractivity contribution in [1.82, 2.24) is 15.5 Å². The zero-order valence-corrected chi connectivity index (χ0v) is 17.2. The molecule has 1 heterocycles. The van der Waals surface area contributed by atoms with Crippen LogP contribution in [-0.2, 0) is 17.6 Å². The van der Waals surface area contributed by atoms with Crippen molar-refractivity contribution in [3.05, 3.63) is 59.2 Å². The standard InChI is InChI=1S/C23H29N3O.ClH/c27-23(25-12-15-26-13-10-24-11-14-26)7-3-4-18-8-9-20-17-19-5-1-2-6-21(19)22(20)16-18;/h1-2,5-6,8-9,16,24H,3-4,7,10-15,17H2,(H,25,27);1H. The number of halogens is 1. The highest BCUT2D eigenvalue weighted by Gasteiger charge is 2.17. The zero-order chi connectivity index (χ0) is 18.5. The maximum atomic E-state index is 12.1. The van der Waals surface area contributed by atoms with Gasteiger partial charge in [-0.05, 0) is 47.1 Å². The van der Waals surface area contributed by atoms with E-state index < -0.39 is 0 Å². The summed E-state index contributed by atoms with van der Waals surface area (Å²) in [5, 5.41) is 6.42. The van der Waals surface area contributed by atoms with Gasteiger partial charge in [0.1, 0.15) is 0 Å². The van der Waals surface area contributed by atoms with E-state index in [1.165, 1.54) is 27.8 Å². The second kappa shape index (κ2) is 10.1. The van der Waals surface area contributed by atoms with Crippen LogP contribution in [0.3, 0.4) is 0 Å². The van der Waals surface area contributed by atoms with Crippen molar-refractivity contribution in [2.45, 2.75) is 25.7 Å². The van der Waals surface area contributed by atoms with Gasteiger partial charge < -0.3 is 10.6 Å². The predicted octanol–water partition coefficient (Wildman–Crippen LogP) is 3.02. The van der Waals surface area contributed by atoms with E-state index in [9.17, 15) is 4.79 Å². The number of amides is 1. The van der Waals surface area contributed by atoms with Gasteiger partial charge >= 0.3 is 0 Å². The minimum atomic E-state index is 0. The summed E-state index contributed by atoms with van der Waals surface area (Å²) in [5.41, 5.74) is 6.93. The van der Waals surface area contributed by atoms with E-state index >= 15 is 0 Å². The molecule has 0 spiro atoms. The summed E-state index contributed by atoms with van der Waals surface area (Å²) >= 11 is 0. The third-order valence-electron chi connectivity index (χ3n) is 5.69. The zero-order valence-electron chi connectivity index (χ0n) is 16.4. The Balaban J connectivity index is 0.00000225. The Morgan fingerprint density at radius 1 is 1.04 bits per heavy atom. The molecule has 0 atom stereocenters. The fourth-order valence-corrected chi connectivity index (χ4v) is 4.16. The van der Waals surface area contributed by atoms with Crippen LogP contribution in [0.15, 0.2) is 42.5 Å². The highest BCUT2D eigenvalue weighted by atomic mass is 35.5. The number of carbonyl (C=O) groups excluding carboxylic acids is 1. The Morgan fingerprint density at radius 3 is 2.68 bits per heavy atom. The molecular formula is C23H30ClN3O. The average molecular weight is 400 g/mol. The molecule has 1 aliphatic heterocycles. The van der Waals surface area contributed by atoms with Crippen LogP contribution in [0.1, 0.15) is 29.5 Å². The summed E-state index contributed by atoms with van der Waals surface area (Å²) in [5.74, 6) is 0.177. The quantitative estimate of drug-likeness (QED) is 0.641. The second-order valence-electron chi connectivity index (χ2n) is 7.62. The highest BCUT2D eigenvalue weighted by molar-refractivity contribution is 5.85. The third kappa shape index (κ3) is 5.13. The molecule has 150 valence electrons. The number of fused-ring (bicyclic) bond motifs is 3. The monoisotopic (exact) mass is 399 g/mol. The maximum absolute atomic E-state index is 12.1. The molecule has 0 unspecified atom stereocenters. The minimum Gasteiger partial charge on any atom is -0.355 e. The molecule has 2 N–H and O–H groups in total. The molecule has 1 saturated heterocycles. The van der Waals surface area contributed by atoms with E-state index in [1.54, 1.807) is 0 Å². The summed E-state index contributed by atoms with van der Waals surface area (Å²) in [6.45, 7) is 5.99. The van der Waals surface area contributed by atoms with Crippen molar-refractivity contribution in [2.75, 3.05) is 39.3 Å². The molecule has 4 rings (SSSR count). The lowest BCUT2D eigenvalue weighted by Gasteiger charge is -2.27. The molecule has 1 fully saturated rings. The molecule has 2 aromatic carbocycles. The molecule has 0 aromatic heterocycles. The number of nitrogens with zero attached hydrogens (tertiary/aromatic N) is 1. The van der Waals surface area contributed by atoms with Crippen LogP contribution in [0.2, 0.25) is 0 Å². The van der Waals surface area contributed by atoms with Gasteiger partial charge in [-0.3, -0.25) is 9.69 Å². The van der Waals surface area contributed by atoms with Gasteiger partial charge in [0.05, 0.1) is 0 Å². The Kier molecular flexibility index (Phi) is 7.49. The van der Waals surface area contributed by atoms with Gasteiger partial charge in [-0.1, -0.05) is 42.5 Å². The Morgan fingerprint density at radius 2 is 1.82 bits per heavy atom. The summed E-state index contributed by atoms with van der Waals surface area (Å²) < 4.78 is 0. The van der Waals surface area contributed by atoms with Crippen molar-refractivity contribution < 1.29 is 4.79 Å². The SMILES string of the molecule is Cl.O=C(CCCc1ccc2c(c1)-c1ccccc1C2)NCCN1CCNCC1. The number of aryl methyl sites for hydroxylation is 1. The highest BCUT2D eigenvalue weighted by Crippen LogP contribution is 2.36. The normalized spacial score (nSPS) is 15.4. The van der Waals surface area contributed by atoms with Gasteiger partial charge in [0.2, 0.25) is 5.91 Å². The largest absolute Gasteiger partial charge is 0.355 e. The summed E-state index contributed by atoms with van der Waals surface area (Å²) in [6, 6.07) is 15.5. The summed E-state index contributed by atoms with van der Waals surface area (Å²) in [7, 11) is 0. The number of carbonyl (C=O) groups is 1. The fourth-order valence-electron chi connectivity index (χ4n) is 4.16. The van der Waals surface area contributed by atoms with E-state index in [0.717, 1.165) is 58.5 Å². The molecule has 2 aliphatic rings. The lowest BCUT2D eigenvalue weighted by molar-refractivity contribution is -0.121. The molecule has 1 aliphatic carbocycles. The first-order valence-electron chi connectivity index (χ1n) is 10.2. The van der Waals surface area contributed by atoms with Crippen molar-refractivity contribution in [3.63, 3.8) is 0 Å². The van der Waals surface area contributed by atoms with E-state index in [4.69, 9.17) is 0 Å². The van der Waals surface area contributed by atoms with E-state index in [2.05, 4.69) is 58.0 Å². The molecule has 2 aromatic rings. The minimum absolute atomic E-state index is 0. The van der Waals surface area contributed by atoms with E-state index in [1.807, 2.05) is 0 Å². The maximum Gasteiger partial charge on any atom is 0.220 e. The number of hydrogen-bond acceptors (Lipinski definition) is 3. The Bertz CT molecular complexity index is 802. The number of piperazine rings is 1. The lowest BCUT2D eigenvalue weighted by atomic mass is 10.00. The Labute approximate surface area is 174 Å². The molecule has 28 heavy (non-hydrogen) atoms. The number of hydrogen-bond donors (Lipinski definition) is 2. The lowest BCUT2D eigenvalue weighted by Crippen LogP contribution is -2.46. The molecule has 0 saturated carbocycles. The molecule has 0 radical (unpaired) electrons. The van der Waals surface area contributed by atoms with Gasteiger partial charge in [0.15, 0.2) is 0 Å². The van der Waals surface area contributed by atoms with Crippen molar-refractivity contribution in [2.24, 2.45) is 0 Å². The van der Waals surface area contributed by atoms with E-state index in [-0.39, 0.29) is 18.3 Å². The van der Waals surface area contributed by atoms with Crippen LogP contribution in [-0.4, -0.2) is 50.1 Å². The van der Waals surface area contributed by atoms with Gasteiger partial charge in [-0.25, -0.2) is 0 Å². The molecular weight excluding hydrogens is 370 g/mol. The van der Waals surface area contributed by atoms with Crippen LogP contribution in [0.5, 0.6) is 0 Å². The number of rotatable bonds is 7. The first-order chi connectivity index (χ1) is 13.3. The van der Waals surface area contributed by atoms with E-state index in [0.29, 0.717) is 6.42 Å². The smallest absolute Gasteiger partial charge is 0.220 e. The summed E-state index contributed by atoms with van der Waals surface area (Å²) in [4.78, 5) is 14.5. The molecule has 0 bridgehead atoms. The van der Waals surface area contributed by atoms with Crippen LogP contribution < -0.4 is 10.6 Å². The average Bonchev–Trinajstić information content (AvgIpc) is 3.07. The molecule has 4 nitrogen and oxygen atoms in total. The predicted molar refractivity (Wildman–Crippen MR) is 117 cm³/mol. The van der Waals surface area contributed by atoms with Gasteiger partial charge in [-0.2, -0.15) is 0 Å². The first kappa shape index (κ1) is 20.8. The van der Waals surface area contributed by atoms with Crippen LogP contribution in [0.4, 0.5) is 0 Å². The second-order valence-corrected chi connectivity index (χ2v) is 7.62. The van der Waals surface area contributed by atoms with Crippen LogP contribution >= 0.6 is 12.4 Å².